The number of hydrogen-bond donors (Lipinski definition) is 1. The average Bonchev–Trinajstić information content (AvgIpc) is 2.87. The van der Waals surface area contributed by atoms with Crippen LogP contribution in [0.15, 0.2) is 36.5 Å². The van der Waals surface area contributed by atoms with Crippen LogP contribution in [0.1, 0.15) is 10.4 Å². The van der Waals surface area contributed by atoms with Gasteiger partial charge in [0.1, 0.15) is 17.6 Å². The van der Waals surface area contributed by atoms with Crippen LogP contribution < -0.4 is 9.47 Å². The Morgan fingerprint density at radius 2 is 2.18 bits per heavy atom. The Morgan fingerprint density at radius 1 is 1.36 bits per heavy atom. The zero-order valence-corrected chi connectivity index (χ0v) is 11.7. The lowest BCUT2D eigenvalue weighted by atomic mass is 10.1. The van der Waals surface area contributed by atoms with E-state index in [9.17, 15) is 9.90 Å². The summed E-state index contributed by atoms with van der Waals surface area (Å²) in [4.78, 5) is 11.7. The van der Waals surface area contributed by atoms with E-state index in [0.29, 0.717) is 27.9 Å². The predicted octanol–water partition coefficient (Wildman–Crippen LogP) is 2.70. The number of benzene rings is 1. The van der Waals surface area contributed by atoms with Crippen molar-refractivity contribution >= 4 is 22.4 Å². The van der Waals surface area contributed by atoms with Crippen molar-refractivity contribution in [2.75, 3.05) is 13.7 Å². The number of aromatic nitrogens is 1. The summed E-state index contributed by atoms with van der Waals surface area (Å²) in [6, 6.07) is 10.5. The summed E-state index contributed by atoms with van der Waals surface area (Å²) < 4.78 is 12.4. The number of nitrogens with zero attached hydrogens (tertiary/aromatic N) is 2. The molecule has 0 amide bonds. The molecule has 0 spiro atoms. The standard InChI is InChI=1S/C16H12N2O4/c1-21-13-9-10(22-7-5-17)8-12-14(13)15(16(19)20)11-4-2-3-6-18(11)12/h2-4,6,8-9H,7H2,1H3,(H,19,20). The lowest BCUT2D eigenvalue weighted by molar-refractivity contribution is 0.0701. The molecule has 2 aromatic heterocycles. The van der Waals surface area contributed by atoms with E-state index in [0.717, 1.165) is 0 Å². The van der Waals surface area contributed by atoms with E-state index < -0.39 is 5.97 Å². The highest BCUT2D eigenvalue weighted by Gasteiger charge is 2.21. The molecule has 6 heteroatoms. The van der Waals surface area contributed by atoms with Crippen molar-refractivity contribution < 1.29 is 19.4 Å². The third-order valence-electron chi connectivity index (χ3n) is 3.42. The van der Waals surface area contributed by atoms with E-state index in [1.807, 2.05) is 12.1 Å². The summed E-state index contributed by atoms with van der Waals surface area (Å²) in [5.41, 5.74) is 1.40. The third-order valence-corrected chi connectivity index (χ3v) is 3.42. The lowest BCUT2D eigenvalue weighted by Crippen LogP contribution is -1.98. The van der Waals surface area contributed by atoms with Crippen LogP contribution >= 0.6 is 0 Å². The molecule has 0 saturated heterocycles. The van der Waals surface area contributed by atoms with Crippen molar-refractivity contribution in [3.8, 4) is 17.6 Å². The molecule has 0 unspecified atom stereocenters. The highest BCUT2D eigenvalue weighted by molar-refractivity contribution is 6.13. The lowest BCUT2D eigenvalue weighted by Gasteiger charge is -2.07. The molecule has 3 rings (SSSR count). The van der Waals surface area contributed by atoms with Gasteiger partial charge in [0.05, 0.1) is 29.1 Å². The summed E-state index contributed by atoms with van der Waals surface area (Å²) in [5, 5.41) is 18.7. The second-order valence-corrected chi connectivity index (χ2v) is 4.60. The maximum atomic E-state index is 11.7. The molecule has 0 atom stereocenters. The number of rotatable bonds is 4. The summed E-state index contributed by atoms with van der Waals surface area (Å²) >= 11 is 0. The second kappa shape index (κ2) is 5.30. The van der Waals surface area contributed by atoms with Crippen LogP contribution in [0.3, 0.4) is 0 Å². The monoisotopic (exact) mass is 296 g/mol. The minimum atomic E-state index is -1.03. The van der Waals surface area contributed by atoms with Crippen molar-refractivity contribution in [1.82, 2.24) is 4.40 Å². The van der Waals surface area contributed by atoms with Crippen molar-refractivity contribution in [1.29, 1.82) is 5.26 Å². The smallest absolute Gasteiger partial charge is 0.338 e. The number of fused-ring (bicyclic) bond motifs is 3. The van der Waals surface area contributed by atoms with Gasteiger partial charge in [-0.3, -0.25) is 0 Å². The number of carboxylic acids is 1. The molecule has 6 nitrogen and oxygen atoms in total. The van der Waals surface area contributed by atoms with E-state index in [-0.39, 0.29) is 12.2 Å². The molecule has 0 aliphatic carbocycles. The Labute approximate surface area is 125 Å². The van der Waals surface area contributed by atoms with Gasteiger partial charge >= 0.3 is 5.97 Å². The highest BCUT2D eigenvalue weighted by Crippen LogP contribution is 2.37. The summed E-state index contributed by atoms with van der Waals surface area (Å²) in [6.45, 7) is -0.0935. The van der Waals surface area contributed by atoms with Gasteiger partial charge in [0.2, 0.25) is 0 Å². The molecular formula is C16H12N2O4. The minimum absolute atomic E-state index is 0.0935. The molecule has 1 N–H and O–H groups in total. The molecule has 0 saturated carbocycles. The first-order valence-corrected chi connectivity index (χ1v) is 6.51. The Balaban J connectivity index is 2.42. The zero-order chi connectivity index (χ0) is 15.7. The number of ether oxygens (including phenoxy) is 2. The van der Waals surface area contributed by atoms with Gasteiger partial charge in [0.15, 0.2) is 6.61 Å². The highest BCUT2D eigenvalue weighted by atomic mass is 16.5. The number of nitriles is 1. The summed E-state index contributed by atoms with van der Waals surface area (Å²) in [5.74, 6) is -0.180. The fraction of sp³-hybridized carbons (Fsp3) is 0.125. The topological polar surface area (TPSA) is 84.0 Å². The van der Waals surface area contributed by atoms with Crippen LogP contribution in [0.4, 0.5) is 0 Å². The largest absolute Gasteiger partial charge is 0.496 e. The molecule has 3 aromatic rings. The van der Waals surface area contributed by atoms with Crippen LogP contribution in [0.2, 0.25) is 0 Å². The quantitative estimate of drug-likeness (QED) is 0.800. The van der Waals surface area contributed by atoms with Crippen LogP contribution in [-0.4, -0.2) is 29.2 Å². The third kappa shape index (κ3) is 2.00. The number of carbonyl (C=O) groups is 1. The second-order valence-electron chi connectivity index (χ2n) is 4.60. The molecule has 110 valence electrons. The van der Waals surface area contributed by atoms with E-state index >= 15 is 0 Å². The molecule has 0 aliphatic heterocycles. The first-order chi connectivity index (χ1) is 10.7. The van der Waals surface area contributed by atoms with Crippen LogP contribution in [0, 0.1) is 11.3 Å². The maximum absolute atomic E-state index is 11.7. The van der Waals surface area contributed by atoms with Gasteiger partial charge in [-0.25, -0.2) is 4.79 Å². The van der Waals surface area contributed by atoms with Crippen molar-refractivity contribution in [3.05, 3.63) is 42.1 Å². The Bertz CT molecular complexity index is 921. The number of methoxy groups -OCH3 is 1. The fourth-order valence-corrected chi connectivity index (χ4v) is 2.58. The number of aromatic carboxylic acids is 1. The fourth-order valence-electron chi connectivity index (χ4n) is 2.58. The van der Waals surface area contributed by atoms with Crippen molar-refractivity contribution in [3.63, 3.8) is 0 Å². The Morgan fingerprint density at radius 3 is 2.86 bits per heavy atom. The molecule has 0 fully saturated rings. The Hall–Kier alpha value is -3.20. The maximum Gasteiger partial charge on any atom is 0.338 e. The van der Waals surface area contributed by atoms with Gasteiger partial charge in [0, 0.05) is 18.3 Å². The zero-order valence-electron chi connectivity index (χ0n) is 11.7. The SMILES string of the molecule is COc1cc(OCC#N)cc2c1c(C(=O)O)c1ccccn12. The first-order valence-electron chi connectivity index (χ1n) is 6.51. The summed E-state index contributed by atoms with van der Waals surface area (Å²) in [7, 11) is 1.47. The number of pyridine rings is 1. The molecule has 22 heavy (non-hydrogen) atoms. The normalized spacial score (nSPS) is 10.5. The minimum Gasteiger partial charge on any atom is -0.496 e. The predicted molar refractivity (Wildman–Crippen MR) is 79.5 cm³/mol. The van der Waals surface area contributed by atoms with Gasteiger partial charge in [-0.15, -0.1) is 0 Å². The van der Waals surface area contributed by atoms with Gasteiger partial charge in [-0.1, -0.05) is 6.07 Å². The molecular weight excluding hydrogens is 284 g/mol. The summed E-state index contributed by atoms with van der Waals surface area (Å²) in [6.07, 6.45) is 1.78. The van der Waals surface area contributed by atoms with Crippen molar-refractivity contribution in [2.24, 2.45) is 0 Å². The van der Waals surface area contributed by atoms with Crippen LogP contribution in [0.25, 0.3) is 16.4 Å². The number of carboxylic acid groups (broad SMARTS) is 1. The molecule has 0 bridgehead atoms. The Kier molecular flexibility index (Phi) is 3.31. The van der Waals surface area contributed by atoms with E-state index in [1.165, 1.54) is 7.11 Å². The first kappa shape index (κ1) is 13.8. The molecule has 0 aliphatic rings. The van der Waals surface area contributed by atoms with E-state index in [1.54, 1.807) is 34.9 Å². The van der Waals surface area contributed by atoms with Gasteiger partial charge in [-0.05, 0) is 12.1 Å². The van der Waals surface area contributed by atoms with Crippen LogP contribution in [-0.2, 0) is 0 Å². The van der Waals surface area contributed by atoms with E-state index in [4.69, 9.17) is 14.7 Å². The van der Waals surface area contributed by atoms with Gasteiger partial charge in [0.25, 0.3) is 0 Å². The average molecular weight is 296 g/mol. The number of hydrogen-bond acceptors (Lipinski definition) is 4. The molecule has 0 radical (unpaired) electrons. The molecule has 1 aromatic carbocycles. The van der Waals surface area contributed by atoms with Crippen LogP contribution in [0.5, 0.6) is 11.5 Å². The van der Waals surface area contributed by atoms with E-state index in [2.05, 4.69) is 0 Å². The van der Waals surface area contributed by atoms with Gasteiger partial charge < -0.3 is 19.0 Å². The molecule has 2 heterocycles. The van der Waals surface area contributed by atoms with Gasteiger partial charge in [-0.2, -0.15) is 5.26 Å². The van der Waals surface area contributed by atoms with Crippen molar-refractivity contribution in [2.45, 2.75) is 0 Å².